The van der Waals surface area contributed by atoms with E-state index in [4.69, 9.17) is 0 Å². The van der Waals surface area contributed by atoms with E-state index in [-0.39, 0.29) is 0 Å². The molecule has 2 heterocycles. The van der Waals surface area contributed by atoms with Crippen molar-refractivity contribution in [3.05, 3.63) is 39.3 Å². The van der Waals surface area contributed by atoms with E-state index in [0.29, 0.717) is 5.95 Å². The van der Waals surface area contributed by atoms with Crippen molar-refractivity contribution in [2.75, 3.05) is 5.32 Å². The molecule has 0 fully saturated rings. The van der Waals surface area contributed by atoms with Gasteiger partial charge in [-0.3, -0.25) is 0 Å². The number of hydrogen-bond acceptors (Lipinski definition) is 4. The number of thiophene rings is 1. The summed E-state index contributed by atoms with van der Waals surface area (Å²) >= 11 is 5.11. The first-order chi connectivity index (χ1) is 6.84. The number of nitrogens with zero attached hydrogens (tertiary/aromatic N) is 2. The van der Waals surface area contributed by atoms with E-state index >= 15 is 0 Å². The van der Waals surface area contributed by atoms with E-state index in [1.165, 1.54) is 4.88 Å². The first-order valence-corrected chi connectivity index (χ1v) is 5.75. The molecule has 2 aromatic rings. The van der Waals surface area contributed by atoms with E-state index in [1.807, 2.05) is 0 Å². The first-order valence-electron chi connectivity index (χ1n) is 4.08. The van der Waals surface area contributed by atoms with Gasteiger partial charge in [-0.05, 0) is 28.1 Å². The highest BCUT2D eigenvalue weighted by Gasteiger charge is 1.98. The summed E-state index contributed by atoms with van der Waals surface area (Å²) in [6.45, 7) is 0.764. The molecular formula is C9H8BrN3S. The van der Waals surface area contributed by atoms with Gasteiger partial charge in [-0.2, -0.15) is 0 Å². The Hall–Kier alpha value is -0.940. The number of halogens is 1. The molecule has 0 bridgehead atoms. The van der Waals surface area contributed by atoms with Crippen molar-refractivity contribution >= 4 is 33.2 Å². The van der Waals surface area contributed by atoms with E-state index in [2.05, 4.69) is 42.7 Å². The predicted molar refractivity (Wildman–Crippen MR) is 61.4 cm³/mol. The average Bonchev–Trinajstić information content (AvgIpc) is 2.63. The van der Waals surface area contributed by atoms with Crippen LogP contribution < -0.4 is 5.32 Å². The van der Waals surface area contributed by atoms with Crippen LogP contribution in [0.1, 0.15) is 4.88 Å². The van der Waals surface area contributed by atoms with Gasteiger partial charge in [0.25, 0.3) is 0 Å². The van der Waals surface area contributed by atoms with Crippen LogP contribution in [-0.2, 0) is 6.54 Å². The molecule has 0 radical (unpaired) electrons. The predicted octanol–water partition coefficient (Wildman–Crippen LogP) is 2.91. The minimum atomic E-state index is 0.664. The fourth-order valence-corrected chi connectivity index (χ4v) is 2.39. The lowest BCUT2D eigenvalue weighted by Crippen LogP contribution is -2.00. The van der Waals surface area contributed by atoms with Gasteiger partial charge in [0.1, 0.15) is 0 Å². The molecule has 0 aliphatic rings. The Balaban J connectivity index is 1.95. The molecule has 0 saturated heterocycles. The van der Waals surface area contributed by atoms with Crippen LogP contribution in [0.2, 0.25) is 0 Å². The third-order valence-corrected chi connectivity index (χ3v) is 3.31. The number of nitrogens with one attached hydrogen (secondary N) is 1. The fourth-order valence-electron chi connectivity index (χ4n) is 1.00. The standard InChI is InChI=1S/C9H8BrN3S/c10-7-4-8(14-6-7)5-13-9-11-2-1-3-12-9/h1-4,6H,5H2,(H,11,12,13). The molecular weight excluding hydrogens is 262 g/mol. The number of hydrogen-bond donors (Lipinski definition) is 1. The first kappa shape index (κ1) is 9.61. The molecule has 0 amide bonds. The molecule has 3 nitrogen and oxygen atoms in total. The van der Waals surface area contributed by atoms with Crippen LogP contribution in [0.5, 0.6) is 0 Å². The highest BCUT2D eigenvalue weighted by molar-refractivity contribution is 9.10. The summed E-state index contributed by atoms with van der Waals surface area (Å²) in [6, 6.07) is 3.88. The molecule has 0 aromatic carbocycles. The largest absolute Gasteiger partial charge is 0.349 e. The van der Waals surface area contributed by atoms with Gasteiger partial charge >= 0.3 is 0 Å². The van der Waals surface area contributed by atoms with E-state index in [0.717, 1.165) is 11.0 Å². The highest BCUT2D eigenvalue weighted by Crippen LogP contribution is 2.20. The van der Waals surface area contributed by atoms with Crippen LogP contribution >= 0.6 is 27.3 Å². The zero-order valence-corrected chi connectivity index (χ0v) is 9.68. The summed E-state index contributed by atoms with van der Waals surface area (Å²) in [6.07, 6.45) is 3.44. The van der Waals surface area contributed by atoms with Crippen molar-refractivity contribution in [2.45, 2.75) is 6.54 Å². The SMILES string of the molecule is Brc1csc(CNc2ncccn2)c1. The van der Waals surface area contributed by atoms with Gasteiger partial charge in [-0.15, -0.1) is 11.3 Å². The summed E-state index contributed by atoms with van der Waals surface area (Å²) in [5, 5.41) is 5.20. The lowest BCUT2D eigenvalue weighted by molar-refractivity contribution is 1.07. The minimum Gasteiger partial charge on any atom is -0.349 e. The van der Waals surface area contributed by atoms with Gasteiger partial charge in [0.05, 0.1) is 6.54 Å². The second-order valence-electron chi connectivity index (χ2n) is 2.66. The average molecular weight is 270 g/mol. The van der Waals surface area contributed by atoms with Gasteiger partial charge in [0.2, 0.25) is 5.95 Å². The second kappa shape index (κ2) is 4.52. The summed E-state index contributed by atoms with van der Waals surface area (Å²) in [5.41, 5.74) is 0. The van der Waals surface area contributed by atoms with Crippen molar-refractivity contribution in [3.63, 3.8) is 0 Å². The molecule has 0 aliphatic heterocycles. The van der Waals surface area contributed by atoms with Crippen molar-refractivity contribution in [3.8, 4) is 0 Å². The Kier molecular flexibility index (Phi) is 3.10. The lowest BCUT2D eigenvalue weighted by atomic mass is 10.5. The van der Waals surface area contributed by atoms with Gasteiger partial charge in [0.15, 0.2) is 0 Å². The molecule has 0 unspecified atom stereocenters. The van der Waals surface area contributed by atoms with Crippen LogP contribution in [0.3, 0.4) is 0 Å². The molecule has 0 saturated carbocycles. The second-order valence-corrected chi connectivity index (χ2v) is 4.57. The van der Waals surface area contributed by atoms with Crippen molar-refractivity contribution in [1.82, 2.24) is 9.97 Å². The maximum absolute atomic E-state index is 4.07. The fraction of sp³-hybridized carbons (Fsp3) is 0.111. The minimum absolute atomic E-state index is 0.664. The van der Waals surface area contributed by atoms with Crippen LogP contribution in [-0.4, -0.2) is 9.97 Å². The normalized spacial score (nSPS) is 10.1. The Morgan fingerprint density at radius 3 is 2.79 bits per heavy atom. The zero-order valence-electron chi connectivity index (χ0n) is 7.27. The molecule has 0 aliphatic carbocycles. The Morgan fingerprint density at radius 1 is 1.36 bits per heavy atom. The van der Waals surface area contributed by atoms with Gasteiger partial charge in [-0.25, -0.2) is 9.97 Å². The van der Waals surface area contributed by atoms with Crippen molar-refractivity contribution in [1.29, 1.82) is 0 Å². The third kappa shape index (κ3) is 2.52. The van der Waals surface area contributed by atoms with Crippen molar-refractivity contribution < 1.29 is 0 Å². The topological polar surface area (TPSA) is 37.8 Å². The molecule has 2 rings (SSSR count). The lowest BCUT2D eigenvalue weighted by Gasteiger charge is -2.00. The van der Waals surface area contributed by atoms with Crippen LogP contribution in [0.15, 0.2) is 34.4 Å². The number of rotatable bonds is 3. The van der Waals surface area contributed by atoms with Crippen LogP contribution in [0, 0.1) is 0 Å². The molecule has 5 heteroatoms. The zero-order chi connectivity index (χ0) is 9.80. The highest BCUT2D eigenvalue weighted by atomic mass is 79.9. The molecule has 0 atom stereocenters. The molecule has 1 N–H and O–H groups in total. The molecule has 0 spiro atoms. The van der Waals surface area contributed by atoms with Gasteiger partial charge in [0, 0.05) is 27.1 Å². The number of anilines is 1. The summed E-state index contributed by atoms with van der Waals surface area (Å²) < 4.78 is 1.12. The molecule has 14 heavy (non-hydrogen) atoms. The van der Waals surface area contributed by atoms with E-state index in [9.17, 15) is 0 Å². The maximum atomic E-state index is 4.07. The Morgan fingerprint density at radius 2 is 2.14 bits per heavy atom. The van der Waals surface area contributed by atoms with Gasteiger partial charge < -0.3 is 5.32 Å². The Bertz CT molecular complexity index is 401. The Labute approximate surface area is 94.4 Å². The van der Waals surface area contributed by atoms with Crippen LogP contribution in [0.25, 0.3) is 0 Å². The summed E-state index contributed by atoms with van der Waals surface area (Å²) in [4.78, 5) is 9.40. The monoisotopic (exact) mass is 269 g/mol. The number of aromatic nitrogens is 2. The van der Waals surface area contributed by atoms with Crippen molar-refractivity contribution in [2.24, 2.45) is 0 Å². The summed E-state index contributed by atoms with van der Waals surface area (Å²) in [5.74, 6) is 0.664. The smallest absolute Gasteiger partial charge is 0.222 e. The van der Waals surface area contributed by atoms with E-state index in [1.54, 1.807) is 29.8 Å². The molecule has 2 aromatic heterocycles. The third-order valence-electron chi connectivity index (χ3n) is 1.61. The summed E-state index contributed by atoms with van der Waals surface area (Å²) in [7, 11) is 0. The molecule has 72 valence electrons. The quantitative estimate of drug-likeness (QED) is 0.931. The van der Waals surface area contributed by atoms with E-state index < -0.39 is 0 Å². The van der Waals surface area contributed by atoms with Crippen LogP contribution in [0.4, 0.5) is 5.95 Å². The van der Waals surface area contributed by atoms with Gasteiger partial charge in [-0.1, -0.05) is 0 Å². The maximum Gasteiger partial charge on any atom is 0.222 e.